The van der Waals surface area contributed by atoms with Crippen LogP contribution >= 0.6 is 0 Å². The van der Waals surface area contributed by atoms with E-state index in [0.717, 1.165) is 12.1 Å². The molecule has 2 aromatic heterocycles. The van der Waals surface area contributed by atoms with E-state index in [1.807, 2.05) is 13.8 Å². The maximum atomic E-state index is 14.0. The average Bonchev–Trinajstić information content (AvgIpc) is 3.22. The standard InChI is InChI=1S/C23H22F2N4O4/c1-12(2)28-9-16-10-33-11-18-19(21(30)22(31)20(23(28)32)29(16)18)14-6-26-27(8-14)7-13-3-4-15(24)5-17(13)25/h3-6,8,12,16,31H,7,9-11H2,1-2H3. The Balaban J connectivity index is 1.60. The number of ether oxygens (including phenoxy) is 1. The van der Waals surface area contributed by atoms with E-state index in [1.165, 1.54) is 16.9 Å². The van der Waals surface area contributed by atoms with Gasteiger partial charge in [-0.2, -0.15) is 5.10 Å². The first kappa shape index (κ1) is 21.3. The number of halogens is 2. The van der Waals surface area contributed by atoms with E-state index >= 15 is 0 Å². The molecular formula is C23H22F2N4O4. The number of pyridine rings is 1. The number of rotatable bonds is 4. The maximum Gasteiger partial charge on any atom is 0.274 e. The molecule has 4 heterocycles. The van der Waals surface area contributed by atoms with Gasteiger partial charge in [0.2, 0.25) is 5.43 Å². The second-order valence-electron chi connectivity index (χ2n) is 8.60. The highest BCUT2D eigenvalue weighted by atomic mass is 19.1. The summed E-state index contributed by atoms with van der Waals surface area (Å²) in [4.78, 5) is 27.9. The van der Waals surface area contributed by atoms with Gasteiger partial charge in [-0.1, -0.05) is 6.07 Å². The van der Waals surface area contributed by atoms with Crippen LogP contribution in [0.1, 0.15) is 41.6 Å². The van der Waals surface area contributed by atoms with Crippen molar-refractivity contribution in [2.45, 2.75) is 39.1 Å². The van der Waals surface area contributed by atoms with Gasteiger partial charge in [-0.15, -0.1) is 0 Å². The van der Waals surface area contributed by atoms with Crippen molar-refractivity contribution in [3.8, 4) is 16.9 Å². The lowest BCUT2D eigenvalue weighted by atomic mass is 9.99. The van der Waals surface area contributed by atoms with E-state index in [2.05, 4.69) is 5.10 Å². The number of benzene rings is 1. The van der Waals surface area contributed by atoms with Crippen LogP contribution in [0.15, 0.2) is 35.4 Å². The van der Waals surface area contributed by atoms with E-state index < -0.39 is 28.7 Å². The summed E-state index contributed by atoms with van der Waals surface area (Å²) in [5, 5.41) is 15.0. The summed E-state index contributed by atoms with van der Waals surface area (Å²) in [6.45, 7) is 4.63. The molecule has 2 aliphatic rings. The zero-order valence-electron chi connectivity index (χ0n) is 18.1. The Kier molecular flexibility index (Phi) is 5.04. The van der Waals surface area contributed by atoms with Crippen LogP contribution in [-0.2, 0) is 17.9 Å². The molecule has 1 atom stereocenters. The summed E-state index contributed by atoms with van der Waals surface area (Å²) in [5.41, 5.74) is 0.622. The van der Waals surface area contributed by atoms with Crippen LogP contribution in [0.2, 0.25) is 0 Å². The van der Waals surface area contributed by atoms with E-state index in [9.17, 15) is 23.5 Å². The summed E-state index contributed by atoms with van der Waals surface area (Å²) in [6, 6.07) is 2.95. The first-order chi connectivity index (χ1) is 15.8. The van der Waals surface area contributed by atoms with E-state index in [0.29, 0.717) is 24.4 Å². The summed E-state index contributed by atoms with van der Waals surface area (Å²) in [5.74, 6) is -2.37. The number of nitrogens with zero attached hydrogens (tertiary/aromatic N) is 4. The number of hydrogen-bond acceptors (Lipinski definition) is 5. The van der Waals surface area contributed by atoms with Crippen LogP contribution in [0.4, 0.5) is 8.78 Å². The topological polar surface area (TPSA) is 89.6 Å². The van der Waals surface area contributed by atoms with Gasteiger partial charge in [0.05, 0.1) is 43.3 Å². The molecule has 1 N–H and O–H groups in total. The fourth-order valence-corrected chi connectivity index (χ4v) is 4.57. The highest BCUT2D eigenvalue weighted by Crippen LogP contribution is 2.36. The van der Waals surface area contributed by atoms with Gasteiger partial charge < -0.3 is 19.3 Å². The van der Waals surface area contributed by atoms with Crippen molar-refractivity contribution >= 4 is 5.91 Å². The molecule has 2 aliphatic heterocycles. The molecule has 172 valence electrons. The van der Waals surface area contributed by atoms with E-state index in [-0.39, 0.29) is 42.1 Å². The van der Waals surface area contributed by atoms with Crippen LogP contribution in [0, 0.1) is 11.6 Å². The smallest absolute Gasteiger partial charge is 0.274 e. The third-order valence-corrected chi connectivity index (χ3v) is 6.16. The van der Waals surface area contributed by atoms with Crippen LogP contribution in [0.25, 0.3) is 11.1 Å². The fraction of sp³-hybridized carbons (Fsp3) is 0.348. The Bertz CT molecular complexity index is 1330. The normalized spacial score (nSPS) is 17.5. The number of hydrogen-bond donors (Lipinski definition) is 1. The molecule has 33 heavy (non-hydrogen) atoms. The highest BCUT2D eigenvalue weighted by Gasteiger charge is 2.40. The van der Waals surface area contributed by atoms with Crippen molar-refractivity contribution in [1.29, 1.82) is 0 Å². The van der Waals surface area contributed by atoms with Crippen molar-refractivity contribution in [2.75, 3.05) is 13.2 Å². The molecule has 0 bridgehead atoms. The molecular weight excluding hydrogens is 434 g/mol. The summed E-state index contributed by atoms with van der Waals surface area (Å²) < 4.78 is 36.1. The Morgan fingerprint density at radius 1 is 1.27 bits per heavy atom. The van der Waals surface area contributed by atoms with Crippen LogP contribution < -0.4 is 5.43 Å². The van der Waals surface area contributed by atoms with Crippen molar-refractivity contribution in [3.05, 3.63) is 69.4 Å². The zero-order chi connectivity index (χ0) is 23.4. The zero-order valence-corrected chi connectivity index (χ0v) is 18.1. The number of aromatic hydroxyl groups is 1. The third-order valence-electron chi connectivity index (χ3n) is 6.16. The minimum absolute atomic E-state index is 0.0206. The molecule has 8 nitrogen and oxygen atoms in total. The van der Waals surface area contributed by atoms with Crippen molar-refractivity contribution in [2.24, 2.45) is 0 Å². The van der Waals surface area contributed by atoms with Crippen molar-refractivity contribution in [1.82, 2.24) is 19.2 Å². The van der Waals surface area contributed by atoms with Crippen LogP contribution in [-0.4, -0.2) is 49.5 Å². The van der Waals surface area contributed by atoms with Gasteiger partial charge in [-0.3, -0.25) is 14.3 Å². The first-order valence-electron chi connectivity index (χ1n) is 10.6. The molecule has 5 rings (SSSR count). The van der Waals surface area contributed by atoms with Gasteiger partial charge in [0, 0.05) is 36.0 Å². The summed E-state index contributed by atoms with van der Waals surface area (Å²) in [7, 11) is 0. The number of carbonyl (C=O) groups is 1. The van der Waals surface area contributed by atoms with Crippen LogP contribution in [0.3, 0.4) is 0 Å². The van der Waals surface area contributed by atoms with Gasteiger partial charge in [0.15, 0.2) is 11.4 Å². The second-order valence-corrected chi connectivity index (χ2v) is 8.60. The lowest BCUT2D eigenvalue weighted by Gasteiger charge is -2.42. The Labute approximate surface area is 187 Å². The lowest BCUT2D eigenvalue weighted by Crippen LogP contribution is -2.50. The summed E-state index contributed by atoms with van der Waals surface area (Å²) >= 11 is 0. The Morgan fingerprint density at radius 3 is 2.79 bits per heavy atom. The predicted molar refractivity (Wildman–Crippen MR) is 114 cm³/mol. The molecule has 0 saturated heterocycles. The molecule has 1 aromatic carbocycles. The highest BCUT2D eigenvalue weighted by molar-refractivity contribution is 5.97. The second kappa shape index (κ2) is 7.80. The molecule has 0 saturated carbocycles. The van der Waals surface area contributed by atoms with Crippen molar-refractivity contribution < 1.29 is 23.4 Å². The molecule has 1 unspecified atom stereocenters. The predicted octanol–water partition coefficient (Wildman–Crippen LogP) is 2.68. The average molecular weight is 456 g/mol. The molecule has 0 fully saturated rings. The first-order valence-corrected chi connectivity index (χ1v) is 10.6. The Morgan fingerprint density at radius 2 is 2.06 bits per heavy atom. The summed E-state index contributed by atoms with van der Waals surface area (Å²) in [6.07, 6.45) is 2.99. The fourth-order valence-electron chi connectivity index (χ4n) is 4.57. The third kappa shape index (κ3) is 3.41. The van der Waals surface area contributed by atoms with Gasteiger partial charge in [-0.05, 0) is 19.9 Å². The van der Waals surface area contributed by atoms with Gasteiger partial charge in [0.25, 0.3) is 5.91 Å². The molecule has 3 aromatic rings. The molecule has 0 aliphatic carbocycles. The maximum absolute atomic E-state index is 14.0. The van der Waals surface area contributed by atoms with Gasteiger partial charge in [-0.25, -0.2) is 8.78 Å². The van der Waals surface area contributed by atoms with Crippen molar-refractivity contribution in [3.63, 3.8) is 0 Å². The van der Waals surface area contributed by atoms with E-state index in [1.54, 1.807) is 15.7 Å². The molecule has 0 spiro atoms. The van der Waals surface area contributed by atoms with Crippen LogP contribution in [0.5, 0.6) is 5.75 Å². The SMILES string of the molecule is CC(C)N1CC2COCc3c(-c4cnn(Cc5ccc(F)cc5F)c4)c(=O)c(O)c(n32)C1=O. The monoisotopic (exact) mass is 456 g/mol. The number of aromatic nitrogens is 3. The van der Waals surface area contributed by atoms with E-state index in [4.69, 9.17) is 4.74 Å². The quantitative estimate of drug-likeness (QED) is 0.652. The number of amides is 1. The largest absolute Gasteiger partial charge is 0.503 e. The molecule has 1 amide bonds. The number of carbonyl (C=O) groups excluding carboxylic acids is 1. The van der Waals surface area contributed by atoms with Gasteiger partial charge >= 0.3 is 0 Å². The van der Waals surface area contributed by atoms with Gasteiger partial charge in [0.1, 0.15) is 11.6 Å². The molecule has 10 heteroatoms. The molecule has 0 radical (unpaired) electrons. The minimum atomic E-state index is -0.696. The Hall–Kier alpha value is -3.53. The minimum Gasteiger partial charge on any atom is -0.503 e. The lowest BCUT2D eigenvalue weighted by molar-refractivity contribution is 0.0203.